The zero-order valence-corrected chi connectivity index (χ0v) is 11.0. The smallest absolute Gasteiger partial charge is 0.303 e. The summed E-state index contributed by atoms with van der Waals surface area (Å²) in [6.07, 6.45) is 0.145. The van der Waals surface area contributed by atoms with Crippen molar-refractivity contribution in [2.45, 2.75) is 18.6 Å². The Balaban J connectivity index is 2.60. The summed E-state index contributed by atoms with van der Waals surface area (Å²) in [6.45, 7) is 0.0728. The third-order valence-corrected chi connectivity index (χ3v) is 3.71. The normalized spacial score (nSPS) is 10.9. The van der Waals surface area contributed by atoms with Crippen molar-refractivity contribution in [3.8, 4) is 6.07 Å². The van der Waals surface area contributed by atoms with Gasteiger partial charge < -0.3 is 5.11 Å². The number of sulfonamides is 1. The summed E-state index contributed by atoms with van der Waals surface area (Å²) in [5.74, 6) is -1.25. The van der Waals surface area contributed by atoms with E-state index in [4.69, 9.17) is 10.4 Å². The highest BCUT2D eigenvalue weighted by molar-refractivity contribution is 7.88. The second-order valence-corrected chi connectivity index (χ2v) is 5.73. The van der Waals surface area contributed by atoms with Gasteiger partial charge in [0.15, 0.2) is 0 Å². The van der Waals surface area contributed by atoms with Crippen LogP contribution in [-0.4, -0.2) is 26.0 Å². The van der Waals surface area contributed by atoms with E-state index in [0.717, 1.165) is 0 Å². The van der Waals surface area contributed by atoms with Crippen LogP contribution < -0.4 is 4.72 Å². The van der Waals surface area contributed by atoms with E-state index >= 15 is 0 Å². The molecule has 0 aliphatic rings. The first-order valence-electron chi connectivity index (χ1n) is 5.62. The number of nitrogens with one attached hydrogen (secondary N) is 1. The molecule has 0 atom stereocenters. The van der Waals surface area contributed by atoms with Gasteiger partial charge in [-0.25, -0.2) is 13.1 Å². The molecule has 2 N–H and O–H groups in total. The van der Waals surface area contributed by atoms with E-state index in [1.165, 1.54) is 0 Å². The predicted molar refractivity (Wildman–Crippen MR) is 68.7 cm³/mol. The Morgan fingerprint density at radius 1 is 1.37 bits per heavy atom. The quantitative estimate of drug-likeness (QED) is 0.721. The summed E-state index contributed by atoms with van der Waals surface area (Å²) in [5.41, 5.74) is 0.745. The molecule has 0 heterocycles. The Hall–Kier alpha value is -1.91. The molecule has 0 bridgehead atoms. The fraction of sp³-hybridized carbons (Fsp3) is 0.333. The molecule has 0 aliphatic heterocycles. The zero-order valence-electron chi connectivity index (χ0n) is 10.2. The van der Waals surface area contributed by atoms with Gasteiger partial charge >= 0.3 is 5.97 Å². The average molecular weight is 282 g/mol. The van der Waals surface area contributed by atoms with E-state index in [-0.39, 0.29) is 25.1 Å². The van der Waals surface area contributed by atoms with E-state index < -0.39 is 16.0 Å². The highest BCUT2D eigenvalue weighted by atomic mass is 32.2. The third-order valence-electron chi connectivity index (χ3n) is 2.37. The van der Waals surface area contributed by atoms with Crippen LogP contribution in [0.5, 0.6) is 0 Å². The van der Waals surface area contributed by atoms with Crippen LogP contribution in [-0.2, 0) is 20.6 Å². The van der Waals surface area contributed by atoms with E-state index in [9.17, 15) is 13.2 Å². The van der Waals surface area contributed by atoms with E-state index in [1.54, 1.807) is 24.3 Å². The molecule has 6 nitrogen and oxygen atoms in total. The second kappa shape index (κ2) is 6.87. The van der Waals surface area contributed by atoms with Gasteiger partial charge in [0, 0.05) is 13.0 Å². The van der Waals surface area contributed by atoms with Crippen LogP contribution in [0.3, 0.4) is 0 Å². The lowest BCUT2D eigenvalue weighted by Crippen LogP contribution is -2.26. The predicted octanol–water partition coefficient (Wildman–Crippen LogP) is 0.842. The Morgan fingerprint density at radius 3 is 2.68 bits per heavy atom. The highest BCUT2D eigenvalue weighted by Crippen LogP contribution is 2.10. The van der Waals surface area contributed by atoms with Crippen molar-refractivity contribution in [3.63, 3.8) is 0 Å². The number of benzene rings is 1. The van der Waals surface area contributed by atoms with Gasteiger partial charge in [0.25, 0.3) is 0 Å². The maximum absolute atomic E-state index is 11.7. The minimum absolute atomic E-state index is 0.0728. The molecular formula is C12H14N2O4S. The molecule has 1 rings (SSSR count). The van der Waals surface area contributed by atoms with Crippen molar-refractivity contribution in [2.24, 2.45) is 0 Å². The largest absolute Gasteiger partial charge is 0.481 e. The molecule has 102 valence electrons. The van der Waals surface area contributed by atoms with E-state index in [0.29, 0.717) is 11.1 Å². The molecule has 0 spiro atoms. The number of carbonyl (C=O) groups is 1. The second-order valence-electron chi connectivity index (χ2n) is 3.92. The fourth-order valence-corrected chi connectivity index (χ4v) is 2.70. The number of rotatable bonds is 7. The molecule has 19 heavy (non-hydrogen) atoms. The number of hydrogen-bond acceptors (Lipinski definition) is 4. The average Bonchev–Trinajstić information content (AvgIpc) is 2.35. The number of hydrogen-bond donors (Lipinski definition) is 2. The molecule has 0 fully saturated rings. The van der Waals surface area contributed by atoms with Gasteiger partial charge in [-0.1, -0.05) is 18.2 Å². The van der Waals surface area contributed by atoms with E-state index in [2.05, 4.69) is 4.72 Å². The van der Waals surface area contributed by atoms with Crippen molar-refractivity contribution < 1.29 is 18.3 Å². The molecule has 0 aromatic heterocycles. The number of carboxylic acids is 1. The molecule has 0 unspecified atom stereocenters. The van der Waals surface area contributed by atoms with E-state index in [1.807, 2.05) is 6.07 Å². The van der Waals surface area contributed by atoms with Crippen LogP contribution in [0.2, 0.25) is 0 Å². The first kappa shape index (κ1) is 15.1. The summed E-state index contributed by atoms with van der Waals surface area (Å²) in [6, 6.07) is 8.38. The Labute approximate surface area is 111 Å². The molecule has 7 heteroatoms. The lowest BCUT2D eigenvalue weighted by Gasteiger charge is -2.07. The zero-order chi connectivity index (χ0) is 14.3. The summed E-state index contributed by atoms with van der Waals surface area (Å²) >= 11 is 0. The third kappa shape index (κ3) is 5.50. The number of nitrogens with zero attached hydrogens (tertiary/aromatic N) is 1. The van der Waals surface area contributed by atoms with Gasteiger partial charge in [0.05, 0.1) is 17.4 Å². The minimum Gasteiger partial charge on any atom is -0.481 e. The SMILES string of the molecule is N#Cc1ccccc1CS(=O)(=O)NCCCC(=O)O. The first-order chi connectivity index (χ1) is 8.94. The summed E-state index contributed by atoms with van der Waals surface area (Å²) < 4.78 is 25.8. The van der Waals surface area contributed by atoms with Crippen molar-refractivity contribution in [1.82, 2.24) is 4.72 Å². The molecule has 0 saturated heterocycles. The molecule has 0 radical (unpaired) electrons. The Bertz CT molecular complexity index is 590. The lowest BCUT2D eigenvalue weighted by molar-refractivity contribution is -0.137. The van der Waals surface area contributed by atoms with Crippen LogP contribution in [0.15, 0.2) is 24.3 Å². The van der Waals surface area contributed by atoms with Crippen molar-refractivity contribution in [3.05, 3.63) is 35.4 Å². The van der Waals surface area contributed by atoms with Crippen LogP contribution in [0.4, 0.5) is 0 Å². The maximum Gasteiger partial charge on any atom is 0.303 e. The number of carboxylic acid groups (broad SMARTS) is 1. The van der Waals surface area contributed by atoms with Gasteiger partial charge in [0.1, 0.15) is 0 Å². The minimum atomic E-state index is -3.56. The molecule has 0 saturated carbocycles. The molecule has 0 amide bonds. The fourth-order valence-electron chi connectivity index (χ4n) is 1.48. The molecule has 0 aliphatic carbocycles. The van der Waals surface area contributed by atoms with Crippen molar-refractivity contribution in [1.29, 1.82) is 5.26 Å². The van der Waals surface area contributed by atoms with Crippen molar-refractivity contribution >= 4 is 16.0 Å². The summed E-state index contributed by atoms with van der Waals surface area (Å²) in [7, 11) is -3.56. The van der Waals surface area contributed by atoms with Gasteiger partial charge in [0.2, 0.25) is 10.0 Å². The highest BCUT2D eigenvalue weighted by Gasteiger charge is 2.13. The van der Waals surface area contributed by atoms with Gasteiger partial charge in [-0.05, 0) is 18.1 Å². The Kier molecular flexibility index (Phi) is 5.48. The van der Waals surface area contributed by atoms with Crippen LogP contribution >= 0.6 is 0 Å². The topological polar surface area (TPSA) is 107 Å². The number of nitriles is 1. The Morgan fingerprint density at radius 2 is 2.05 bits per heavy atom. The van der Waals surface area contributed by atoms with Crippen LogP contribution in [0.1, 0.15) is 24.0 Å². The van der Waals surface area contributed by atoms with Crippen LogP contribution in [0, 0.1) is 11.3 Å². The van der Waals surface area contributed by atoms with Gasteiger partial charge in [-0.3, -0.25) is 4.79 Å². The molecule has 1 aromatic rings. The van der Waals surface area contributed by atoms with Gasteiger partial charge in [-0.15, -0.1) is 0 Å². The lowest BCUT2D eigenvalue weighted by atomic mass is 10.1. The monoisotopic (exact) mass is 282 g/mol. The molecule has 1 aromatic carbocycles. The number of aliphatic carboxylic acids is 1. The van der Waals surface area contributed by atoms with Crippen LogP contribution in [0.25, 0.3) is 0 Å². The summed E-state index contributed by atoms with van der Waals surface area (Å²) in [5, 5.41) is 17.3. The van der Waals surface area contributed by atoms with Gasteiger partial charge in [-0.2, -0.15) is 5.26 Å². The van der Waals surface area contributed by atoms with Crippen molar-refractivity contribution in [2.75, 3.05) is 6.54 Å². The first-order valence-corrected chi connectivity index (χ1v) is 7.27. The maximum atomic E-state index is 11.7. The summed E-state index contributed by atoms with van der Waals surface area (Å²) in [4.78, 5) is 10.3. The standard InChI is InChI=1S/C12H14N2O4S/c13-8-10-4-1-2-5-11(10)9-19(17,18)14-7-3-6-12(15)16/h1-2,4-5,14H,3,6-7,9H2,(H,15,16). The molecular weight excluding hydrogens is 268 g/mol.